The molecule has 1 aliphatic heterocycles. The van der Waals surface area contributed by atoms with Crippen LogP contribution in [0, 0.1) is 0 Å². The summed E-state index contributed by atoms with van der Waals surface area (Å²) in [5, 5.41) is 3.65. The van der Waals surface area contributed by atoms with E-state index >= 15 is 0 Å². The number of urea groups is 1. The lowest BCUT2D eigenvalue weighted by molar-refractivity contribution is 0.194. The zero-order chi connectivity index (χ0) is 18.5. The van der Waals surface area contributed by atoms with Gasteiger partial charge in [-0.25, -0.2) is 4.79 Å². The molecule has 3 rings (SSSR count). The van der Waals surface area contributed by atoms with Crippen molar-refractivity contribution >= 4 is 23.3 Å². The lowest BCUT2D eigenvalue weighted by Crippen LogP contribution is -2.51. The number of nitrogens with one attached hydrogen (secondary N) is 1. The fourth-order valence-electron chi connectivity index (χ4n) is 3.16. The number of anilines is 1. The fraction of sp³-hybridized carbons (Fsp3) is 0.381. The SMILES string of the molecule is CC(C)c1ccc(N2CCN(C(=O)NCc3ccccc3Cl)CC2)cc1. The highest BCUT2D eigenvalue weighted by Crippen LogP contribution is 2.21. The first kappa shape index (κ1) is 18.6. The van der Waals surface area contributed by atoms with Crippen LogP contribution in [0.15, 0.2) is 48.5 Å². The maximum atomic E-state index is 12.4. The van der Waals surface area contributed by atoms with Gasteiger partial charge in [-0.15, -0.1) is 0 Å². The fourth-order valence-corrected chi connectivity index (χ4v) is 3.36. The normalized spacial score (nSPS) is 14.6. The molecule has 1 aliphatic rings. The standard InChI is InChI=1S/C21H26ClN3O/c1-16(2)17-7-9-19(10-8-17)24-11-13-25(14-12-24)21(26)23-15-18-5-3-4-6-20(18)22/h3-10,16H,11-15H2,1-2H3,(H,23,26). The second-order valence-electron chi connectivity index (χ2n) is 6.97. The molecule has 1 N–H and O–H groups in total. The predicted octanol–water partition coefficient (Wildman–Crippen LogP) is 4.50. The Morgan fingerprint density at radius 2 is 1.69 bits per heavy atom. The summed E-state index contributed by atoms with van der Waals surface area (Å²) in [6.07, 6.45) is 0. The van der Waals surface area contributed by atoms with Gasteiger partial charge in [0, 0.05) is 43.4 Å². The van der Waals surface area contributed by atoms with Gasteiger partial charge in [-0.1, -0.05) is 55.8 Å². The lowest BCUT2D eigenvalue weighted by Gasteiger charge is -2.36. The van der Waals surface area contributed by atoms with Crippen LogP contribution < -0.4 is 10.2 Å². The third kappa shape index (κ3) is 4.50. The van der Waals surface area contributed by atoms with E-state index in [4.69, 9.17) is 11.6 Å². The summed E-state index contributed by atoms with van der Waals surface area (Å²) in [5.74, 6) is 0.544. The Balaban J connectivity index is 1.50. The van der Waals surface area contributed by atoms with Gasteiger partial charge in [0.25, 0.3) is 0 Å². The number of nitrogens with zero attached hydrogens (tertiary/aromatic N) is 2. The van der Waals surface area contributed by atoms with Gasteiger partial charge in [0.1, 0.15) is 0 Å². The number of carbonyl (C=O) groups is 1. The Kier molecular flexibility index (Phi) is 6.04. The molecule has 0 atom stereocenters. The second-order valence-corrected chi connectivity index (χ2v) is 7.38. The molecule has 26 heavy (non-hydrogen) atoms. The van der Waals surface area contributed by atoms with Crippen LogP contribution >= 0.6 is 11.6 Å². The highest BCUT2D eigenvalue weighted by molar-refractivity contribution is 6.31. The van der Waals surface area contributed by atoms with E-state index in [0.29, 0.717) is 17.5 Å². The molecule has 0 saturated carbocycles. The molecule has 0 bridgehead atoms. The van der Waals surface area contributed by atoms with Crippen LogP contribution in [0.3, 0.4) is 0 Å². The van der Waals surface area contributed by atoms with E-state index in [0.717, 1.165) is 31.7 Å². The Morgan fingerprint density at radius 3 is 2.31 bits per heavy atom. The molecule has 4 nitrogen and oxygen atoms in total. The second kappa shape index (κ2) is 8.45. The zero-order valence-corrected chi connectivity index (χ0v) is 16.2. The molecule has 0 aliphatic carbocycles. The molecule has 1 saturated heterocycles. The maximum Gasteiger partial charge on any atom is 0.317 e. The molecular formula is C21H26ClN3O. The molecule has 0 aromatic heterocycles. The van der Waals surface area contributed by atoms with Crippen LogP contribution in [0.1, 0.15) is 30.9 Å². The molecule has 2 aromatic carbocycles. The number of benzene rings is 2. The van der Waals surface area contributed by atoms with E-state index in [9.17, 15) is 4.79 Å². The van der Waals surface area contributed by atoms with Crippen molar-refractivity contribution < 1.29 is 4.79 Å². The summed E-state index contributed by atoms with van der Waals surface area (Å²) in [4.78, 5) is 16.6. The van der Waals surface area contributed by atoms with E-state index in [1.165, 1.54) is 11.3 Å². The summed E-state index contributed by atoms with van der Waals surface area (Å²) in [6.45, 7) is 8.00. The molecule has 0 radical (unpaired) electrons. The summed E-state index contributed by atoms with van der Waals surface area (Å²) in [6, 6.07) is 16.3. The van der Waals surface area contributed by atoms with Gasteiger partial charge < -0.3 is 15.1 Å². The Bertz CT molecular complexity index is 737. The van der Waals surface area contributed by atoms with Gasteiger partial charge in [-0.2, -0.15) is 0 Å². The highest BCUT2D eigenvalue weighted by Gasteiger charge is 2.21. The van der Waals surface area contributed by atoms with Gasteiger partial charge >= 0.3 is 6.03 Å². The number of amides is 2. The minimum Gasteiger partial charge on any atom is -0.368 e. The van der Waals surface area contributed by atoms with Gasteiger partial charge in [0.15, 0.2) is 0 Å². The predicted molar refractivity (Wildman–Crippen MR) is 108 cm³/mol. The molecule has 2 amide bonds. The van der Waals surface area contributed by atoms with Crippen molar-refractivity contribution in [3.63, 3.8) is 0 Å². The lowest BCUT2D eigenvalue weighted by atomic mass is 10.0. The quantitative estimate of drug-likeness (QED) is 0.859. The summed E-state index contributed by atoms with van der Waals surface area (Å²) >= 11 is 6.14. The van der Waals surface area contributed by atoms with E-state index in [1.54, 1.807) is 0 Å². The third-order valence-corrected chi connectivity index (χ3v) is 5.25. The average molecular weight is 372 g/mol. The zero-order valence-electron chi connectivity index (χ0n) is 15.4. The molecular weight excluding hydrogens is 346 g/mol. The minimum atomic E-state index is -0.0280. The highest BCUT2D eigenvalue weighted by atomic mass is 35.5. The smallest absolute Gasteiger partial charge is 0.317 e. The van der Waals surface area contributed by atoms with Crippen LogP contribution in [-0.4, -0.2) is 37.1 Å². The van der Waals surface area contributed by atoms with E-state index < -0.39 is 0 Å². The van der Waals surface area contributed by atoms with Crippen molar-refractivity contribution in [1.29, 1.82) is 0 Å². The van der Waals surface area contributed by atoms with Gasteiger partial charge in [-0.05, 0) is 35.2 Å². The minimum absolute atomic E-state index is 0.0280. The van der Waals surface area contributed by atoms with Crippen molar-refractivity contribution in [3.05, 3.63) is 64.7 Å². The molecule has 1 fully saturated rings. The molecule has 138 valence electrons. The number of hydrogen-bond donors (Lipinski definition) is 1. The van der Waals surface area contributed by atoms with Gasteiger partial charge in [0.05, 0.1) is 0 Å². The summed E-state index contributed by atoms with van der Waals surface area (Å²) in [5.41, 5.74) is 3.52. The van der Waals surface area contributed by atoms with E-state index in [2.05, 4.69) is 48.3 Å². The molecule has 5 heteroatoms. The van der Waals surface area contributed by atoms with Crippen LogP contribution in [-0.2, 0) is 6.54 Å². The van der Waals surface area contributed by atoms with E-state index in [1.807, 2.05) is 29.2 Å². The number of hydrogen-bond acceptors (Lipinski definition) is 2. The number of carbonyl (C=O) groups excluding carboxylic acids is 1. The first-order valence-electron chi connectivity index (χ1n) is 9.15. The summed E-state index contributed by atoms with van der Waals surface area (Å²) in [7, 11) is 0. The Hall–Kier alpha value is -2.20. The van der Waals surface area contributed by atoms with Gasteiger partial charge in [0.2, 0.25) is 0 Å². The van der Waals surface area contributed by atoms with Crippen molar-refractivity contribution in [1.82, 2.24) is 10.2 Å². The molecule has 1 heterocycles. The third-order valence-electron chi connectivity index (χ3n) is 4.88. The maximum absolute atomic E-state index is 12.4. The topological polar surface area (TPSA) is 35.6 Å². The monoisotopic (exact) mass is 371 g/mol. The molecule has 2 aromatic rings. The number of rotatable bonds is 4. The number of halogens is 1. The van der Waals surface area contributed by atoms with Crippen LogP contribution in [0.25, 0.3) is 0 Å². The van der Waals surface area contributed by atoms with Crippen molar-refractivity contribution in [3.8, 4) is 0 Å². The first-order valence-corrected chi connectivity index (χ1v) is 9.53. The molecule has 0 unspecified atom stereocenters. The van der Waals surface area contributed by atoms with Crippen molar-refractivity contribution in [2.75, 3.05) is 31.1 Å². The van der Waals surface area contributed by atoms with Crippen LogP contribution in [0.5, 0.6) is 0 Å². The Morgan fingerprint density at radius 1 is 1.04 bits per heavy atom. The van der Waals surface area contributed by atoms with Crippen LogP contribution in [0.4, 0.5) is 10.5 Å². The Labute approximate surface area is 160 Å². The first-order chi connectivity index (χ1) is 12.5. The van der Waals surface area contributed by atoms with Crippen molar-refractivity contribution in [2.45, 2.75) is 26.3 Å². The van der Waals surface area contributed by atoms with Gasteiger partial charge in [-0.3, -0.25) is 0 Å². The average Bonchev–Trinajstić information content (AvgIpc) is 2.67. The molecule has 0 spiro atoms. The largest absolute Gasteiger partial charge is 0.368 e. The van der Waals surface area contributed by atoms with Crippen LogP contribution in [0.2, 0.25) is 5.02 Å². The van der Waals surface area contributed by atoms with Crippen molar-refractivity contribution in [2.24, 2.45) is 0 Å². The van der Waals surface area contributed by atoms with E-state index in [-0.39, 0.29) is 6.03 Å². The summed E-state index contributed by atoms with van der Waals surface area (Å²) < 4.78 is 0. The number of piperazine rings is 1.